The lowest BCUT2D eigenvalue weighted by Crippen LogP contribution is -2.16. The number of hydrogen-bond donors (Lipinski definition) is 1. The molecule has 5 nitrogen and oxygen atoms in total. The summed E-state index contributed by atoms with van der Waals surface area (Å²) in [5, 5.41) is 4.89. The van der Waals surface area contributed by atoms with Gasteiger partial charge >= 0.3 is 5.91 Å². The molecule has 32 heavy (non-hydrogen) atoms. The van der Waals surface area contributed by atoms with Crippen LogP contribution < -0.4 is 10.2 Å². The molecule has 0 unspecified atom stereocenters. The number of nitrogens with one attached hydrogen (secondary N) is 1. The summed E-state index contributed by atoms with van der Waals surface area (Å²) in [6.45, 7) is 0.408. The smallest absolute Gasteiger partial charge is 0.307 e. The maximum atomic E-state index is 12.5. The molecule has 0 saturated heterocycles. The third-order valence-corrected chi connectivity index (χ3v) is 6.48. The van der Waals surface area contributed by atoms with E-state index in [1.165, 1.54) is 6.21 Å². The minimum absolute atomic E-state index is 0.164. The molecule has 4 aromatic rings. The number of carbonyl (C=O) groups is 1. The summed E-state index contributed by atoms with van der Waals surface area (Å²) in [5.41, 5.74) is 4.85. The topological polar surface area (TPSA) is 63.8 Å². The van der Waals surface area contributed by atoms with E-state index in [0.717, 1.165) is 28.8 Å². The van der Waals surface area contributed by atoms with Crippen LogP contribution in [0.1, 0.15) is 21.7 Å². The molecule has 0 saturated carbocycles. The SMILES string of the molecule is O=C(N/N=C\c1cc(Br)ccc1OCc1ccc(Br)cc1)c1cc2cc(Br)cc(Br)c2o1. The van der Waals surface area contributed by atoms with E-state index in [-0.39, 0.29) is 5.76 Å². The van der Waals surface area contributed by atoms with Crippen LogP contribution in [0.3, 0.4) is 0 Å². The summed E-state index contributed by atoms with van der Waals surface area (Å²) in [5.74, 6) is 0.358. The first kappa shape index (κ1) is 23.2. The van der Waals surface area contributed by atoms with E-state index in [2.05, 4.69) is 74.2 Å². The molecule has 162 valence electrons. The second-order valence-electron chi connectivity index (χ2n) is 6.71. The summed E-state index contributed by atoms with van der Waals surface area (Å²) in [7, 11) is 0. The Morgan fingerprint density at radius 3 is 2.47 bits per heavy atom. The van der Waals surface area contributed by atoms with Crippen molar-refractivity contribution in [3.8, 4) is 5.75 Å². The average Bonchev–Trinajstić information content (AvgIpc) is 3.19. The summed E-state index contributed by atoms with van der Waals surface area (Å²) in [4.78, 5) is 12.5. The van der Waals surface area contributed by atoms with Crippen LogP contribution in [0.15, 0.2) is 88.1 Å². The molecule has 0 aliphatic carbocycles. The molecule has 0 atom stereocenters. The maximum Gasteiger partial charge on any atom is 0.307 e. The zero-order valence-corrected chi connectivity index (χ0v) is 22.6. The van der Waals surface area contributed by atoms with E-state index >= 15 is 0 Å². The number of amides is 1. The minimum atomic E-state index is -0.451. The van der Waals surface area contributed by atoms with Crippen molar-refractivity contribution in [1.82, 2.24) is 5.43 Å². The molecule has 1 amide bonds. The molecule has 0 radical (unpaired) electrons. The van der Waals surface area contributed by atoms with Crippen molar-refractivity contribution >= 4 is 86.8 Å². The van der Waals surface area contributed by atoms with Gasteiger partial charge in [0, 0.05) is 24.4 Å². The van der Waals surface area contributed by atoms with Crippen LogP contribution in [0.2, 0.25) is 0 Å². The number of furan rings is 1. The zero-order valence-electron chi connectivity index (χ0n) is 16.2. The molecule has 9 heteroatoms. The predicted molar refractivity (Wildman–Crippen MR) is 139 cm³/mol. The Bertz CT molecular complexity index is 1320. The van der Waals surface area contributed by atoms with Gasteiger partial charge in [0.25, 0.3) is 0 Å². The van der Waals surface area contributed by atoms with Crippen LogP contribution in [0.4, 0.5) is 0 Å². The fourth-order valence-corrected chi connectivity index (χ4v) is 4.88. The number of hydrogen-bond acceptors (Lipinski definition) is 4. The Balaban J connectivity index is 1.47. The highest BCUT2D eigenvalue weighted by Gasteiger charge is 2.14. The quantitative estimate of drug-likeness (QED) is 0.166. The number of rotatable bonds is 6. The van der Waals surface area contributed by atoms with Gasteiger partial charge in [0.05, 0.1) is 10.7 Å². The highest BCUT2D eigenvalue weighted by atomic mass is 79.9. The average molecular weight is 686 g/mol. The number of fused-ring (bicyclic) bond motifs is 1. The van der Waals surface area contributed by atoms with Gasteiger partial charge < -0.3 is 9.15 Å². The molecule has 1 heterocycles. The van der Waals surface area contributed by atoms with Gasteiger partial charge in [-0.2, -0.15) is 5.10 Å². The highest BCUT2D eigenvalue weighted by Crippen LogP contribution is 2.31. The third kappa shape index (κ3) is 5.70. The Hall–Kier alpha value is -1.94. The second kappa shape index (κ2) is 10.3. The number of hydrazone groups is 1. The van der Waals surface area contributed by atoms with Crippen LogP contribution in [-0.2, 0) is 6.61 Å². The molecule has 0 aliphatic rings. The third-order valence-electron chi connectivity index (χ3n) is 4.41. The lowest BCUT2D eigenvalue weighted by molar-refractivity contribution is 0.0929. The second-order valence-corrected chi connectivity index (χ2v) is 10.3. The number of carbonyl (C=O) groups excluding carboxylic acids is 1. The first-order valence-corrected chi connectivity index (χ1v) is 12.4. The Morgan fingerprint density at radius 1 is 0.938 bits per heavy atom. The van der Waals surface area contributed by atoms with Gasteiger partial charge in [0.1, 0.15) is 17.9 Å². The van der Waals surface area contributed by atoms with Crippen molar-refractivity contribution in [2.45, 2.75) is 6.61 Å². The molecular weight excluding hydrogens is 672 g/mol. The molecule has 0 aliphatic heterocycles. The molecule has 1 aromatic heterocycles. The lowest BCUT2D eigenvalue weighted by atomic mass is 10.2. The Morgan fingerprint density at radius 2 is 1.69 bits per heavy atom. The minimum Gasteiger partial charge on any atom is -0.488 e. The van der Waals surface area contributed by atoms with Crippen molar-refractivity contribution in [3.05, 3.63) is 95.4 Å². The predicted octanol–water partition coefficient (Wildman–Crippen LogP) is 7.83. The molecule has 3 aromatic carbocycles. The van der Waals surface area contributed by atoms with Gasteiger partial charge in [0.15, 0.2) is 5.76 Å². The van der Waals surface area contributed by atoms with Crippen molar-refractivity contribution in [3.63, 3.8) is 0 Å². The summed E-state index contributed by atoms with van der Waals surface area (Å²) >= 11 is 13.7. The van der Waals surface area contributed by atoms with Crippen molar-refractivity contribution in [2.24, 2.45) is 5.10 Å². The van der Waals surface area contributed by atoms with Crippen LogP contribution in [0.25, 0.3) is 11.0 Å². The van der Waals surface area contributed by atoms with Gasteiger partial charge in [-0.3, -0.25) is 4.79 Å². The Kier molecular flexibility index (Phi) is 7.50. The fourth-order valence-electron chi connectivity index (χ4n) is 2.90. The molecule has 0 spiro atoms. The molecule has 4 rings (SSSR count). The summed E-state index contributed by atoms with van der Waals surface area (Å²) in [6, 6.07) is 18.9. The number of nitrogens with zero attached hydrogens (tertiary/aromatic N) is 1. The van der Waals surface area contributed by atoms with E-state index < -0.39 is 5.91 Å². The monoisotopic (exact) mass is 682 g/mol. The lowest BCUT2D eigenvalue weighted by Gasteiger charge is -2.10. The molecule has 0 bridgehead atoms. The van der Waals surface area contributed by atoms with Crippen LogP contribution in [0.5, 0.6) is 5.75 Å². The van der Waals surface area contributed by atoms with Crippen LogP contribution in [-0.4, -0.2) is 12.1 Å². The number of benzene rings is 3. The van der Waals surface area contributed by atoms with E-state index in [1.807, 2.05) is 54.6 Å². The summed E-state index contributed by atoms with van der Waals surface area (Å²) < 4.78 is 15.1. The number of halogens is 4. The van der Waals surface area contributed by atoms with Gasteiger partial charge in [-0.25, -0.2) is 5.43 Å². The number of ether oxygens (including phenoxy) is 1. The van der Waals surface area contributed by atoms with Crippen molar-refractivity contribution in [2.75, 3.05) is 0 Å². The largest absolute Gasteiger partial charge is 0.488 e. The van der Waals surface area contributed by atoms with Gasteiger partial charge in [-0.1, -0.05) is 59.9 Å². The fraction of sp³-hybridized carbons (Fsp3) is 0.0435. The normalized spacial score (nSPS) is 11.2. The maximum absolute atomic E-state index is 12.5. The van der Waals surface area contributed by atoms with Gasteiger partial charge in [-0.15, -0.1) is 0 Å². The molecule has 0 fully saturated rings. The van der Waals surface area contributed by atoms with E-state index in [0.29, 0.717) is 23.5 Å². The van der Waals surface area contributed by atoms with Crippen LogP contribution >= 0.6 is 63.7 Å². The standard InChI is InChI=1S/C23H14Br4N2O3/c24-16-3-1-13(2-4-16)12-31-20-6-5-17(25)8-15(20)11-28-29-23(30)21-9-14-7-18(26)10-19(27)22(14)32-21/h1-11H,12H2,(H,29,30)/b28-11-. The van der Waals surface area contributed by atoms with Crippen molar-refractivity contribution in [1.29, 1.82) is 0 Å². The Labute approximate surface area is 217 Å². The summed E-state index contributed by atoms with van der Waals surface area (Å²) in [6.07, 6.45) is 1.54. The van der Waals surface area contributed by atoms with Crippen LogP contribution in [0, 0.1) is 0 Å². The first-order chi connectivity index (χ1) is 15.4. The van der Waals surface area contributed by atoms with Crippen molar-refractivity contribution < 1.29 is 13.9 Å². The van der Waals surface area contributed by atoms with E-state index in [9.17, 15) is 4.79 Å². The van der Waals surface area contributed by atoms with E-state index in [4.69, 9.17) is 9.15 Å². The van der Waals surface area contributed by atoms with E-state index in [1.54, 1.807) is 6.07 Å². The van der Waals surface area contributed by atoms with Gasteiger partial charge in [-0.05, 0) is 70.0 Å². The first-order valence-electron chi connectivity index (χ1n) is 9.28. The molecule has 1 N–H and O–H groups in total. The molecular formula is C23H14Br4N2O3. The highest BCUT2D eigenvalue weighted by molar-refractivity contribution is 9.11. The van der Waals surface area contributed by atoms with Gasteiger partial charge in [0.2, 0.25) is 0 Å². The zero-order chi connectivity index (χ0) is 22.7.